The summed E-state index contributed by atoms with van der Waals surface area (Å²) in [5.74, 6) is 2.33. The summed E-state index contributed by atoms with van der Waals surface area (Å²) in [6, 6.07) is 19.0. The van der Waals surface area contributed by atoms with Crippen LogP contribution < -0.4 is 10.1 Å². The number of nitrogens with zero attached hydrogens (tertiary/aromatic N) is 4. The fourth-order valence-corrected chi connectivity index (χ4v) is 3.96. The van der Waals surface area contributed by atoms with Gasteiger partial charge in [0.1, 0.15) is 11.5 Å². The minimum absolute atomic E-state index is 0.111. The number of hydrogen-bond acceptors (Lipinski definition) is 6. The van der Waals surface area contributed by atoms with Gasteiger partial charge in [-0.3, -0.25) is 9.78 Å². The third kappa shape index (κ3) is 5.33. The van der Waals surface area contributed by atoms with Crippen LogP contribution in [0.3, 0.4) is 0 Å². The van der Waals surface area contributed by atoms with Crippen molar-refractivity contribution in [2.24, 2.45) is 0 Å². The number of aryl methyl sites for hydroxylation is 1. The third-order valence-electron chi connectivity index (χ3n) is 4.67. The SMILES string of the molecule is CCn1c(SCC(=O)Nc2ccc(Oc3ccncc3)cc2)nnc1-c1cccc(C)c1. The number of ether oxygens (including phenoxy) is 1. The number of aromatic nitrogens is 4. The van der Waals surface area contributed by atoms with Gasteiger partial charge in [-0.1, -0.05) is 35.5 Å². The largest absolute Gasteiger partial charge is 0.457 e. The van der Waals surface area contributed by atoms with E-state index >= 15 is 0 Å². The summed E-state index contributed by atoms with van der Waals surface area (Å²) >= 11 is 1.37. The van der Waals surface area contributed by atoms with Crippen molar-refractivity contribution in [2.45, 2.75) is 25.5 Å². The molecule has 0 fully saturated rings. The molecule has 4 aromatic rings. The molecule has 0 spiro atoms. The molecule has 1 amide bonds. The Bertz CT molecular complexity index is 1190. The maximum atomic E-state index is 12.5. The summed E-state index contributed by atoms with van der Waals surface area (Å²) < 4.78 is 7.77. The van der Waals surface area contributed by atoms with Crippen molar-refractivity contribution in [1.82, 2.24) is 19.7 Å². The van der Waals surface area contributed by atoms with E-state index in [0.717, 1.165) is 23.1 Å². The Balaban J connectivity index is 1.35. The van der Waals surface area contributed by atoms with Gasteiger partial charge in [-0.05, 0) is 56.3 Å². The highest BCUT2D eigenvalue weighted by molar-refractivity contribution is 7.99. The zero-order valence-corrected chi connectivity index (χ0v) is 18.7. The van der Waals surface area contributed by atoms with Crippen LogP contribution in [0.15, 0.2) is 78.2 Å². The standard InChI is InChI=1S/C24H23N5O2S/c1-3-29-23(18-6-4-5-17(2)15-18)27-28-24(29)32-16-22(30)26-19-7-9-20(10-8-19)31-21-11-13-25-14-12-21/h4-15H,3,16H2,1-2H3,(H,26,30). The van der Waals surface area contributed by atoms with Gasteiger partial charge in [0.2, 0.25) is 5.91 Å². The van der Waals surface area contributed by atoms with Crippen molar-refractivity contribution < 1.29 is 9.53 Å². The lowest BCUT2D eigenvalue weighted by Gasteiger charge is -2.09. The van der Waals surface area contributed by atoms with Crippen LogP contribution in [-0.2, 0) is 11.3 Å². The Kier molecular flexibility index (Phi) is 6.81. The molecule has 2 aromatic heterocycles. The number of thioether (sulfide) groups is 1. The van der Waals surface area contributed by atoms with Gasteiger partial charge in [0, 0.05) is 30.2 Å². The Labute approximate surface area is 190 Å². The van der Waals surface area contributed by atoms with Crippen LogP contribution in [0.1, 0.15) is 12.5 Å². The molecule has 8 heteroatoms. The molecule has 0 aliphatic rings. The average molecular weight is 446 g/mol. The topological polar surface area (TPSA) is 81.9 Å². The molecular formula is C24H23N5O2S. The summed E-state index contributed by atoms with van der Waals surface area (Å²) in [5.41, 5.74) is 2.89. The first-order valence-electron chi connectivity index (χ1n) is 10.2. The second-order valence-corrected chi connectivity index (χ2v) is 8.01. The normalized spacial score (nSPS) is 10.7. The molecule has 162 valence electrons. The van der Waals surface area contributed by atoms with Gasteiger partial charge in [-0.15, -0.1) is 10.2 Å². The average Bonchev–Trinajstić information content (AvgIpc) is 3.23. The Hall–Kier alpha value is -3.65. The summed E-state index contributed by atoms with van der Waals surface area (Å²) in [6.45, 7) is 4.81. The highest BCUT2D eigenvalue weighted by Crippen LogP contribution is 2.25. The van der Waals surface area contributed by atoms with Crippen LogP contribution in [0.2, 0.25) is 0 Å². The zero-order valence-electron chi connectivity index (χ0n) is 17.9. The van der Waals surface area contributed by atoms with Gasteiger partial charge in [0.05, 0.1) is 5.75 Å². The van der Waals surface area contributed by atoms with Crippen LogP contribution in [-0.4, -0.2) is 31.4 Å². The van der Waals surface area contributed by atoms with E-state index in [1.165, 1.54) is 17.3 Å². The van der Waals surface area contributed by atoms with Gasteiger partial charge in [0.25, 0.3) is 0 Å². The number of anilines is 1. The summed E-state index contributed by atoms with van der Waals surface area (Å²) in [7, 11) is 0. The molecule has 0 unspecified atom stereocenters. The fraction of sp³-hybridized carbons (Fsp3) is 0.167. The predicted octanol–water partition coefficient (Wildman–Crippen LogP) is 5.19. The Morgan fingerprint density at radius 1 is 1.03 bits per heavy atom. The molecule has 0 aliphatic carbocycles. The predicted molar refractivity (Wildman–Crippen MR) is 126 cm³/mol. The van der Waals surface area contributed by atoms with E-state index in [4.69, 9.17) is 4.74 Å². The van der Waals surface area contributed by atoms with E-state index in [2.05, 4.69) is 26.6 Å². The molecule has 4 rings (SSSR count). The number of nitrogens with one attached hydrogen (secondary N) is 1. The van der Waals surface area contributed by atoms with E-state index in [1.54, 1.807) is 24.5 Å². The molecule has 2 aromatic carbocycles. The molecule has 0 bridgehead atoms. The first kappa shape index (κ1) is 21.6. The number of hydrogen-bond donors (Lipinski definition) is 1. The highest BCUT2D eigenvalue weighted by Gasteiger charge is 2.15. The quantitative estimate of drug-likeness (QED) is 0.376. The van der Waals surface area contributed by atoms with Gasteiger partial charge < -0.3 is 14.6 Å². The molecule has 1 N–H and O–H groups in total. The zero-order chi connectivity index (χ0) is 22.3. The van der Waals surface area contributed by atoms with Crippen LogP contribution in [0.4, 0.5) is 5.69 Å². The number of pyridine rings is 1. The van der Waals surface area contributed by atoms with Gasteiger partial charge in [0.15, 0.2) is 11.0 Å². The number of benzene rings is 2. The van der Waals surface area contributed by atoms with Crippen molar-refractivity contribution in [3.63, 3.8) is 0 Å². The van der Waals surface area contributed by atoms with Crippen molar-refractivity contribution in [2.75, 3.05) is 11.1 Å². The fourth-order valence-electron chi connectivity index (χ4n) is 3.15. The molecule has 2 heterocycles. The highest BCUT2D eigenvalue weighted by atomic mass is 32.2. The lowest BCUT2D eigenvalue weighted by Crippen LogP contribution is -2.14. The second kappa shape index (κ2) is 10.1. The first-order chi connectivity index (χ1) is 15.6. The molecule has 0 radical (unpaired) electrons. The number of rotatable bonds is 8. The first-order valence-corrected chi connectivity index (χ1v) is 11.2. The van der Waals surface area contributed by atoms with Crippen molar-refractivity contribution >= 4 is 23.4 Å². The van der Waals surface area contributed by atoms with E-state index in [-0.39, 0.29) is 11.7 Å². The molecule has 0 aliphatic heterocycles. The summed E-state index contributed by atoms with van der Waals surface area (Å²) in [5, 5.41) is 12.3. The Morgan fingerprint density at radius 3 is 2.50 bits per heavy atom. The minimum atomic E-state index is -0.111. The maximum absolute atomic E-state index is 12.5. The molecule has 0 atom stereocenters. The van der Waals surface area contributed by atoms with Crippen molar-refractivity contribution in [1.29, 1.82) is 0 Å². The van der Waals surface area contributed by atoms with Crippen LogP contribution in [0.25, 0.3) is 11.4 Å². The van der Waals surface area contributed by atoms with Gasteiger partial charge in [-0.2, -0.15) is 0 Å². The van der Waals surface area contributed by atoms with Crippen LogP contribution in [0.5, 0.6) is 11.5 Å². The third-order valence-corrected chi connectivity index (χ3v) is 5.63. The number of carbonyl (C=O) groups excluding carboxylic acids is 1. The minimum Gasteiger partial charge on any atom is -0.457 e. The number of carbonyl (C=O) groups is 1. The molecule has 0 saturated heterocycles. The summed E-state index contributed by atoms with van der Waals surface area (Å²) in [6.07, 6.45) is 3.34. The van der Waals surface area contributed by atoms with E-state index < -0.39 is 0 Å². The lowest BCUT2D eigenvalue weighted by atomic mass is 10.1. The van der Waals surface area contributed by atoms with Crippen LogP contribution in [0, 0.1) is 6.92 Å². The van der Waals surface area contributed by atoms with Gasteiger partial charge >= 0.3 is 0 Å². The van der Waals surface area contributed by atoms with E-state index in [1.807, 2.05) is 60.9 Å². The second-order valence-electron chi connectivity index (χ2n) is 7.07. The van der Waals surface area contributed by atoms with Crippen LogP contribution >= 0.6 is 11.8 Å². The molecule has 7 nitrogen and oxygen atoms in total. The Morgan fingerprint density at radius 2 is 1.78 bits per heavy atom. The molecule has 32 heavy (non-hydrogen) atoms. The van der Waals surface area contributed by atoms with Gasteiger partial charge in [-0.25, -0.2) is 0 Å². The van der Waals surface area contributed by atoms with Crippen molar-refractivity contribution in [3.8, 4) is 22.9 Å². The molecule has 0 saturated carbocycles. The van der Waals surface area contributed by atoms with E-state index in [0.29, 0.717) is 17.2 Å². The number of amides is 1. The van der Waals surface area contributed by atoms with E-state index in [9.17, 15) is 4.79 Å². The van der Waals surface area contributed by atoms with Crippen molar-refractivity contribution in [3.05, 3.63) is 78.6 Å². The lowest BCUT2D eigenvalue weighted by molar-refractivity contribution is -0.113. The monoisotopic (exact) mass is 445 g/mol. The maximum Gasteiger partial charge on any atom is 0.234 e. The molecular weight excluding hydrogens is 422 g/mol. The summed E-state index contributed by atoms with van der Waals surface area (Å²) in [4.78, 5) is 16.4. The smallest absolute Gasteiger partial charge is 0.234 e.